The van der Waals surface area contributed by atoms with Crippen LogP contribution in [-0.4, -0.2) is 59.9 Å². The topological polar surface area (TPSA) is 89.9 Å². The van der Waals surface area contributed by atoms with Crippen LogP contribution in [0.5, 0.6) is 5.75 Å². The lowest BCUT2D eigenvalue weighted by Gasteiger charge is -2.13. The fourth-order valence-corrected chi connectivity index (χ4v) is 4.96. The third-order valence-electron chi connectivity index (χ3n) is 5.82. The quantitative estimate of drug-likeness (QED) is 0.311. The number of para-hydroxylation sites is 2. The van der Waals surface area contributed by atoms with Crippen LogP contribution in [0.25, 0.3) is 17.0 Å². The number of rotatable bonds is 11. The Bertz CT molecular complexity index is 1290. The van der Waals surface area contributed by atoms with Gasteiger partial charge in [-0.15, -0.1) is 0 Å². The first-order valence-corrected chi connectivity index (χ1v) is 12.6. The molecule has 1 saturated heterocycles. The number of fused-ring (bicyclic) bond motifs is 1. The zero-order valence-electron chi connectivity index (χ0n) is 20.4. The first kappa shape index (κ1) is 25.5. The summed E-state index contributed by atoms with van der Waals surface area (Å²) in [6, 6.07) is 15.2. The Morgan fingerprint density at radius 3 is 2.64 bits per heavy atom. The number of carbonyl (C=O) groups excluding carboxylic acids is 3. The molecule has 1 aromatic heterocycles. The maximum absolute atomic E-state index is 13.0. The van der Waals surface area contributed by atoms with E-state index in [1.807, 2.05) is 59.3 Å². The minimum Gasteiger partial charge on any atom is -0.492 e. The number of amides is 3. The van der Waals surface area contributed by atoms with E-state index in [0.717, 1.165) is 40.2 Å². The van der Waals surface area contributed by atoms with Gasteiger partial charge in [0.1, 0.15) is 18.9 Å². The minimum atomic E-state index is -0.341. The summed E-state index contributed by atoms with van der Waals surface area (Å²) in [5.41, 5.74) is 2.84. The summed E-state index contributed by atoms with van der Waals surface area (Å²) in [7, 11) is 1.59. The molecule has 8 nitrogen and oxygen atoms in total. The van der Waals surface area contributed by atoms with E-state index in [9.17, 15) is 14.4 Å². The number of thioether (sulfide) groups is 1. The average Bonchev–Trinajstić information content (AvgIpc) is 3.36. The third kappa shape index (κ3) is 5.80. The number of nitrogens with one attached hydrogen (secondary N) is 1. The van der Waals surface area contributed by atoms with Gasteiger partial charge in [0.25, 0.3) is 11.1 Å². The summed E-state index contributed by atoms with van der Waals surface area (Å²) in [4.78, 5) is 39.7. The Hall–Kier alpha value is -3.56. The largest absolute Gasteiger partial charge is 0.492 e. The molecule has 0 unspecified atom stereocenters. The Morgan fingerprint density at radius 1 is 1.08 bits per heavy atom. The zero-order valence-corrected chi connectivity index (χ0v) is 21.2. The van der Waals surface area contributed by atoms with E-state index in [1.54, 1.807) is 13.2 Å². The lowest BCUT2D eigenvalue weighted by Crippen LogP contribution is -2.32. The monoisotopic (exact) mass is 507 g/mol. The van der Waals surface area contributed by atoms with Crippen molar-refractivity contribution >= 4 is 45.8 Å². The van der Waals surface area contributed by atoms with Crippen molar-refractivity contribution in [1.82, 2.24) is 14.8 Å². The molecule has 3 aromatic rings. The van der Waals surface area contributed by atoms with Gasteiger partial charge < -0.3 is 19.4 Å². The molecule has 1 aliphatic rings. The molecule has 188 valence electrons. The number of imide groups is 1. The summed E-state index contributed by atoms with van der Waals surface area (Å²) < 4.78 is 12.6. The van der Waals surface area contributed by atoms with Crippen molar-refractivity contribution in [1.29, 1.82) is 0 Å². The molecule has 0 spiro atoms. The number of aryl methyl sites for hydroxylation is 1. The van der Waals surface area contributed by atoms with Gasteiger partial charge in [0.2, 0.25) is 5.91 Å². The first-order chi connectivity index (χ1) is 17.5. The number of hydrogen-bond donors (Lipinski definition) is 1. The normalized spacial score (nSPS) is 14.7. The van der Waals surface area contributed by atoms with Crippen LogP contribution >= 0.6 is 11.8 Å². The van der Waals surface area contributed by atoms with E-state index < -0.39 is 0 Å². The maximum Gasteiger partial charge on any atom is 0.293 e. The SMILES string of the molecule is CCc1cccc2c(/C=C3\SC(=O)N(CCOc4ccccc4)C3=O)cn(CC(=O)NCCOC)c12. The molecular weight excluding hydrogens is 478 g/mol. The zero-order chi connectivity index (χ0) is 25.5. The molecule has 2 aromatic carbocycles. The van der Waals surface area contributed by atoms with Crippen LogP contribution < -0.4 is 10.1 Å². The number of benzene rings is 2. The van der Waals surface area contributed by atoms with Crippen LogP contribution in [0.15, 0.2) is 59.6 Å². The molecule has 1 N–H and O–H groups in total. The van der Waals surface area contributed by atoms with Gasteiger partial charge in [-0.3, -0.25) is 19.3 Å². The van der Waals surface area contributed by atoms with Crippen molar-refractivity contribution < 1.29 is 23.9 Å². The summed E-state index contributed by atoms with van der Waals surface area (Å²) in [5, 5.41) is 3.45. The van der Waals surface area contributed by atoms with Crippen LogP contribution in [0, 0.1) is 0 Å². The second kappa shape index (κ2) is 11.9. The van der Waals surface area contributed by atoms with E-state index in [2.05, 4.69) is 12.2 Å². The molecular formula is C27H29N3O5S. The third-order valence-corrected chi connectivity index (χ3v) is 6.73. The number of methoxy groups -OCH3 is 1. The highest BCUT2D eigenvalue weighted by atomic mass is 32.2. The molecule has 0 radical (unpaired) electrons. The standard InChI is InChI=1S/C27H29N3O5S/c1-3-19-8-7-11-22-20(17-29(25(19)22)18-24(31)28-12-14-34-2)16-23-26(32)30(27(33)36-23)13-15-35-21-9-5-4-6-10-21/h4-11,16-17H,3,12-15,18H2,1-2H3,(H,28,31)/b23-16-. The van der Waals surface area contributed by atoms with Crippen molar-refractivity contribution in [3.8, 4) is 5.75 Å². The van der Waals surface area contributed by atoms with Gasteiger partial charge in [0.05, 0.1) is 23.6 Å². The highest BCUT2D eigenvalue weighted by Gasteiger charge is 2.35. The van der Waals surface area contributed by atoms with Crippen molar-refractivity contribution in [3.05, 3.63) is 70.8 Å². The van der Waals surface area contributed by atoms with E-state index >= 15 is 0 Å². The van der Waals surface area contributed by atoms with Crippen molar-refractivity contribution in [2.45, 2.75) is 19.9 Å². The van der Waals surface area contributed by atoms with E-state index in [0.29, 0.717) is 23.8 Å². The maximum atomic E-state index is 13.0. The predicted molar refractivity (Wildman–Crippen MR) is 141 cm³/mol. The smallest absolute Gasteiger partial charge is 0.293 e. The van der Waals surface area contributed by atoms with Gasteiger partial charge in [-0.2, -0.15) is 0 Å². The molecule has 1 aliphatic heterocycles. The number of ether oxygens (including phenoxy) is 2. The fourth-order valence-electron chi connectivity index (χ4n) is 4.10. The molecule has 0 atom stereocenters. The Morgan fingerprint density at radius 2 is 1.89 bits per heavy atom. The molecule has 2 heterocycles. The molecule has 3 amide bonds. The number of aromatic nitrogens is 1. The molecule has 0 aliphatic carbocycles. The van der Waals surface area contributed by atoms with E-state index in [4.69, 9.17) is 9.47 Å². The summed E-state index contributed by atoms with van der Waals surface area (Å²) in [5.74, 6) is 0.220. The van der Waals surface area contributed by atoms with Crippen LogP contribution in [0.1, 0.15) is 18.1 Å². The lowest BCUT2D eigenvalue weighted by atomic mass is 10.1. The van der Waals surface area contributed by atoms with Gasteiger partial charge in [0, 0.05) is 30.8 Å². The van der Waals surface area contributed by atoms with Gasteiger partial charge in [0.15, 0.2) is 0 Å². The number of hydrogen-bond acceptors (Lipinski definition) is 6. The van der Waals surface area contributed by atoms with Gasteiger partial charge in [-0.25, -0.2) is 0 Å². The van der Waals surface area contributed by atoms with Gasteiger partial charge in [-0.05, 0) is 42.0 Å². The number of nitrogens with zero attached hydrogens (tertiary/aromatic N) is 2. The molecule has 1 fully saturated rings. The van der Waals surface area contributed by atoms with Crippen molar-refractivity contribution in [3.63, 3.8) is 0 Å². The molecule has 36 heavy (non-hydrogen) atoms. The minimum absolute atomic E-state index is 0.125. The Labute approximate surface area is 214 Å². The molecule has 4 rings (SSSR count). The van der Waals surface area contributed by atoms with Crippen molar-refractivity contribution in [2.24, 2.45) is 0 Å². The lowest BCUT2D eigenvalue weighted by molar-refractivity contribution is -0.123. The Kier molecular flexibility index (Phi) is 8.45. The van der Waals surface area contributed by atoms with Gasteiger partial charge in [-0.1, -0.05) is 43.3 Å². The molecule has 0 bridgehead atoms. The molecule has 9 heteroatoms. The second-order valence-electron chi connectivity index (χ2n) is 8.22. The van der Waals surface area contributed by atoms with Gasteiger partial charge >= 0.3 is 0 Å². The van der Waals surface area contributed by atoms with Crippen molar-refractivity contribution in [2.75, 3.05) is 33.4 Å². The van der Waals surface area contributed by atoms with Crippen LogP contribution in [0.2, 0.25) is 0 Å². The van der Waals surface area contributed by atoms with E-state index in [-0.39, 0.29) is 36.7 Å². The highest BCUT2D eigenvalue weighted by Crippen LogP contribution is 2.34. The fraction of sp³-hybridized carbons (Fsp3) is 0.296. The summed E-state index contributed by atoms with van der Waals surface area (Å²) in [6.07, 6.45) is 4.40. The number of carbonyl (C=O) groups is 3. The average molecular weight is 508 g/mol. The van der Waals surface area contributed by atoms with Crippen LogP contribution in [-0.2, 0) is 27.3 Å². The molecule has 0 saturated carbocycles. The Balaban J connectivity index is 1.54. The van der Waals surface area contributed by atoms with Crippen LogP contribution in [0.3, 0.4) is 0 Å². The summed E-state index contributed by atoms with van der Waals surface area (Å²) in [6.45, 7) is 3.46. The predicted octanol–water partition coefficient (Wildman–Crippen LogP) is 4.08. The van der Waals surface area contributed by atoms with E-state index in [1.165, 1.54) is 4.90 Å². The first-order valence-electron chi connectivity index (χ1n) is 11.8. The second-order valence-corrected chi connectivity index (χ2v) is 9.21. The summed E-state index contributed by atoms with van der Waals surface area (Å²) >= 11 is 0.919. The highest BCUT2D eigenvalue weighted by molar-refractivity contribution is 8.18. The van der Waals surface area contributed by atoms with Crippen LogP contribution in [0.4, 0.5) is 4.79 Å².